The van der Waals surface area contributed by atoms with Gasteiger partial charge in [-0.05, 0) is 31.6 Å². The Kier molecular flexibility index (Phi) is 5.79. The maximum atomic E-state index is 12.1. The van der Waals surface area contributed by atoms with Crippen LogP contribution in [0.5, 0.6) is 0 Å². The molecule has 5 nitrogen and oxygen atoms in total. The minimum absolute atomic E-state index is 0.0745. The molecule has 3 unspecified atom stereocenters. The van der Waals surface area contributed by atoms with Crippen molar-refractivity contribution in [2.24, 2.45) is 11.8 Å². The second-order valence-electron chi connectivity index (χ2n) is 6.04. The van der Waals surface area contributed by atoms with Crippen molar-refractivity contribution >= 4 is 11.9 Å². The number of aliphatic carboxylic acids is 1. The molecule has 0 aliphatic carbocycles. The van der Waals surface area contributed by atoms with E-state index < -0.39 is 12.0 Å². The van der Waals surface area contributed by atoms with Crippen LogP contribution in [0.2, 0.25) is 0 Å². The van der Waals surface area contributed by atoms with Crippen LogP contribution >= 0.6 is 0 Å². The summed E-state index contributed by atoms with van der Waals surface area (Å²) in [5.74, 6) is -0.0966. The quantitative estimate of drug-likeness (QED) is 0.791. The molecule has 0 aromatic carbocycles. The van der Waals surface area contributed by atoms with Gasteiger partial charge in [0, 0.05) is 13.1 Å². The first-order valence-electron chi connectivity index (χ1n) is 7.09. The van der Waals surface area contributed by atoms with Crippen LogP contribution in [-0.4, -0.2) is 47.1 Å². The van der Waals surface area contributed by atoms with Gasteiger partial charge in [0.1, 0.15) is 6.04 Å². The van der Waals surface area contributed by atoms with E-state index in [1.54, 1.807) is 6.92 Å². The molecule has 0 radical (unpaired) electrons. The number of piperidine rings is 1. The van der Waals surface area contributed by atoms with Crippen LogP contribution in [-0.2, 0) is 9.59 Å². The largest absolute Gasteiger partial charge is 0.480 e. The van der Waals surface area contributed by atoms with Gasteiger partial charge >= 0.3 is 5.97 Å². The number of carbonyl (C=O) groups is 2. The molecule has 0 spiro atoms. The predicted octanol–water partition coefficient (Wildman–Crippen LogP) is 1.33. The van der Waals surface area contributed by atoms with E-state index in [0.717, 1.165) is 6.42 Å². The third kappa shape index (κ3) is 4.49. The predicted molar refractivity (Wildman–Crippen MR) is 73.8 cm³/mol. The molecule has 19 heavy (non-hydrogen) atoms. The first-order valence-corrected chi connectivity index (χ1v) is 7.09. The topological polar surface area (TPSA) is 69.6 Å². The highest BCUT2D eigenvalue weighted by Crippen LogP contribution is 2.24. The van der Waals surface area contributed by atoms with Crippen LogP contribution in [0.15, 0.2) is 0 Å². The van der Waals surface area contributed by atoms with Gasteiger partial charge in [-0.25, -0.2) is 0 Å². The van der Waals surface area contributed by atoms with Crippen molar-refractivity contribution in [3.63, 3.8) is 0 Å². The van der Waals surface area contributed by atoms with Gasteiger partial charge in [0.2, 0.25) is 5.91 Å². The van der Waals surface area contributed by atoms with Crippen LogP contribution in [0.1, 0.15) is 40.5 Å². The fourth-order valence-corrected chi connectivity index (χ4v) is 2.47. The number of amides is 1. The fraction of sp³-hybridized carbons (Fsp3) is 0.857. The number of nitrogens with zero attached hydrogens (tertiary/aromatic N) is 1. The maximum Gasteiger partial charge on any atom is 0.320 e. The number of hydrogen-bond acceptors (Lipinski definition) is 3. The molecule has 1 amide bonds. The van der Waals surface area contributed by atoms with E-state index in [0.29, 0.717) is 31.3 Å². The Morgan fingerprint density at radius 1 is 1.37 bits per heavy atom. The van der Waals surface area contributed by atoms with Crippen LogP contribution in [0.4, 0.5) is 0 Å². The van der Waals surface area contributed by atoms with E-state index in [1.807, 2.05) is 18.7 Å². The monoisotopic (exact) mass is 270 g/mol. The van der Waals surface area contributed by atoms with Crippen LogP contribution in [0.3, 0.4) is 0 Å². The second kappa shape index (κ2) is 6.89. The lowest BCUT2D eigenvalue weighted by atomic mass is 9.91. The van der Waals surface area contributed by atoms with Crippen molar-refractivity contribution in [2.75, 3.05) is 13.1 Å². The molecule has 0 aromatic heterocycles. The maximum absolute atomic E-state index is 12.1. The first kappa shape index (κ1) is 16.0. The first-order chi connectivity index (χ1) is 8.82. The van der Waals surface area contributed by atoms with Crippen LogP contribution in [0.25, 0.3) is 0 Å². The molecule has 1 aliphatic heterocycles. The summed E-state index contributed by atoms with van der Waals surface area (Å²) in [4.78, 5) is 25.2. The summed E-state index contributed by atoms with van der Waals surface area (Å²) in [5, 5.41) is 12.2. The number of carbonyl (C=O) groups excluding carboxylic acids is 1. The highest BCUT2D eigenvalue weighted by atomic mass is 16.4. The van der Waals surface area contributed by atoms with Gasteiger partial charge in [-0.15, -0.1) is 0 Å². The summed E-state index contributed by atoms with van der Waals surface area (Å²) in [7, 11) is 0. The van der Waals surface area contributed by atoms with Crippen LogP contribution < -0.4 is 5.32 Å². The third-order valence-electron chi connectivity index (χ3n) is 3.75. The standard InChI is InChI=1S/C14H26N2O3/c1-9(2)8-15-13(17)11(4)16-6-5-10(3)7-12(16)14(18)19/h9-12H,5-8H2,1-4H3,(H,15,17)(H,18,19). The van der Waals surface area contributed by atoms with Crippen molar-refractivity contribution in [3.8, 4) is 0 Å². The normalized spacial score (nSPS) is 26.2. The van der Waals surface area contributed by atoms with Gasteiger partial charge in [0.05, 0.1) is 6.04 Å². The molecule has 0 bridgehead atoms. The summed E-state index contributed by atoms with van der Waals surface area (Å²) in [6, 6.07) is -0.920. The van der Waals surface area contributed by atoms with Crippen molar-refractivity contribution in [3.05, 3.63) is 0 Å². The van der Waals surface area contributed by atoms with Gasteiger partial charge in [0.15, 0.2) is 0 Å². The summed E-state index contributed by atoms with van der Waals surface area (Å²) in [5.41, 5.74) is 0. The summed E-state index contributed by atoms with van der Waals surface area (Å²) in [6.07, 6.45) is 1.57. The van der Waals surface area contributed by atoms with E-state index in [4.69, 9.17) is 0 Å². The van der Waals surface area contributed by atoms with Gasteiger partial charge in [-0.2, -0.15) is 0 Å². The van der Waals surface area contributed by atoms with E-state index in [-0.39, 0.29) is 11.9 Å². The van der Waals surface area contributed by atoms with E-state index in [9.17, 15) is 14.7 Å². The molecule has 1 rings (SSSR count). The van der Waals surface area contributed by atoms with E-state index >= 15 is 0 Å². The van der Waals surface area contributed by atoms with Crippen molar-refractivity contribution in [1.29, 1.82) is 0 Å². The SMILES string of the molecule is CC(C)CNC(=O)C(C)N1CCC(C)CC1C(=O)O. The average molecular weight is 270 g/mol. The minimum Gasteiger partial charge on any atom is -0.480 e. The highest BCUT2D eigenvalue weighted by Gasteiger charge is 2.36. The Morgan fingerprint density at radius 2 is 2.00 bits per heavy atom. The molecule has 1 aliphatic rings. The Balaban J connectivity index is 2.64. The fourth-order valence-electron chi connectivity index (χ4n) is 2.47. The molecule has 2 N–H and O–H groups in total. The van der Waals surface area contributed by atoms with E-state index in [2.05, 4.69) is 12.2 Å². The van der Waals surface area contributed by atoms with E-state index in [1.165, 1.54) is 0 Å². The Bertz CT molecular complexity index is 331. The zero-order chi connectivity index (χ0) is 14.6. The van der Waals surface area contributed by atoms with Crippen molar-refractivity contribution in [1.82, 2.24) is 10.2 Å². The number of nitrogens with one attached hydrogen (secondary N) is 1. The molecule has 1 fully saturated rings. The lowest BCUT2D eigenvalue weighted by molar-refractivity contribution is -0.148. The second-order valence-corrected chi connectivity index (χ2v) is 6.04. The highest BCUT2D eigenvalue weighted by molar-refractivity contribution is 5.82. The third-order valence-corrected chi connectivity index (χ3v) is 3.75. The Hall–Kier alpha value is -1.10. The Morgan fingerprint density at radius 3 is 2.53 bits per heavy atom. The molecule has 1 heterocycles. The number of rotatable bonds is 5. The smallest absolute Gasteiger partial charge is 0.320 e. The molecule has 0 aromatic rings. The lowest BCUT2D eigenvalue weighted by Gasteiger charge is -2.39. The molecular weight excluding hydrogens is 244 g/mol. The molecule has 1 saturated heterocycles. The number of hydrogen-bond donors (Lipinski definition) is 2. The van der Waals surface area contributed by atoms with Gasteiger partial charge in [0.25, 0.3) is 0 Å². The van der Waals surface area contributed by atoms with Crippen molar-refractivity contribution in [2.45, 2.75) is 52.6 Å². The summed E-state index contributed by atoms with van der Waals surface area (Å²) in [6.45, 7) is 9.24. The summed E-state index contributed by atoms with van der Waals surface area (Å²) >= 11 is 0. The average Bonchev–Trinajstić information content (AvgIpc) is 2.34. The number of likely N-dealkylation sites (tertiary alicyclic amines) is 1. The van der Waals surface area contributed by atoms with Gasteiger partial charge in [-0.1, -0.05) is 20.8 Å². The molecule has 110 valence electrons. The van der Waals surface area contributed by atoms with Gasteiger partial charge in [-0.3, -0.25) is 14.5 Å². The van der Waals surface area contributed by atoms with Crippen molar-refractivity contribution < 1.29 is 14.7 Å². The summed E-state index contributed by atoms with van der Waals surface area (Å²) < 4.78 is 0. The van der Waals surface area contributed by atoms with Crippen LogP contribution in [0, 0.1) is 11.8 Å². The zero-order valence-electron chi connectivity index (χ0n) is 12.3. The molecule has 0 saturated carbocycles. The number of carboxylic acid groups (broad SMARTS) is 1. The molecular formula is C14H26N2O3. The Labute approximate surface area is 115 Å². The zero-order valence-corrected chi connectivity index (χ0v) is 12.3. The lowest BCUT2D eigenvalue weighted by Crippen LogP contribution is -2.55. The molecule has 3 atom stereocenters. The number of carboxylic acids is 1. The molecule has 5 heteroatoms. The minimum atomic E-state index is -0.824. The van der Waals surface area contributed by atoms with Gasteiger partial charge < -0.3 is 10.4 Å².